The average Bonchev–Trinajstić information content (AvgIpc) is 3.23. The SMILES string of the molecule is CC/C=C\C/C=C\C/C=C\CCCCCCC(=O)OC(COC(=O)CCC/C=C\C/C=C\C/C=C\CCCCCCCC)COC(=O)CCCCCC/C=C\CCCC. The van der Waals surface area contributed by atoms with Gasteiger partial charge >= 0.3 is 17.9 Å². The lowest BCUT2D eigenvalue weighted by atomic mass is 10.1. The number of hydrogen-bond donors (Lipinski definition) is 0. The van der Waals surface area contributed by atoms with E-state index in [9.17, 15) is 14.4 Å². The molecule has 0 aliphatic heterocycles. The molecular weight excluding hydrogens is 733 g/mol. The Hall–Kier alpha value is -3.41. The van der Waals surface area contributed by atoms with Gasteiger partial charge in [-0.25, -0.2) is 0 Å². The molecule has 0 aromatic carbocycles. The highest BCUT2D eigenvalue weighted by Gasteiger charge is 2.19. The van der Waals surface area contributed by atoms with Crippen LogP contribution >= 0.6 is 0 Å². The molecule has 0 saturated heterocycles. The Morgan fingerprint density at radius 3 is 1.17 bits per heavy atom. The molecule has 1 atom stereocenters. The number of allylic oxidation sites excluding steroid dienone is 14. The van der Waals surface area contributed by atoms with Gasteiger partial charge in [-0.15, -0.1) is 0 Å². The van der Waals surface area contributed by atoms with E-state index >= 15 is 0 Å². The molecule has 336 valence electrons. The van der Waals surface area contributed by atoms with Crippen molar-refractivity contribution >= 4 is 17.9 Å². The molecule has 0 radical (unpaired) electrons. The molecule has 0 fully saturated rings. The summed E-state index contributed by atoms with van der Waals surface area (Å²) < 4.78 is 16.7. The molecule has 0 spiro atoms. The first kappa shape index (κ1) is 55.6. The highest BCUT2D eigenvalue weighted by atomic mass is 16.6. The Balaban J connectivity index is 4.50. The summed E-state index contributed by atoms with van der Waals surface area (Å²) >= 11 is 0. The van der Waals surface area contributed by atoms with Gasteiger partial charge in [0.25, 0.3) is 0 Å². The van der Waals surface area contributed by atoms with Crippen molar-refractivity contribution in [3.63, 3.8) is 0 Å². The van der Waals surface area contributed by atoms with Gasteiger partial charge < -0.3 is 14.2 Å². The van der Waals surface area contributed by atoms with Crippen LogP contribution < -0.4 is 0 Å². The molecule has 0 saturated carbocycles. The van der Waals surface area contributed by atoms with Crippen molar-refractivity contribution in [1.82, 2.24) is 0 Å². The molecule has 0 aromatic heterocycles. The van der Waals surface area contributed by atoms with Crippen molar-refractivity contribution in [2.45, 2.75) is 219 Å². The molecule has 6 nitrogen and oxygen atoms in total. The fourth-order valence-electron chi connectivity index (χ4n) is 6.22. The van der Waals surface area contributed by atoms with Gasteiger partial charge in [0.1, 0.15) is 13.2 Å². The third kappa shape index (κ3) is 45.5. The number of ether oxygens (including phenoxy) is 3. The molecule has 1 unspecified atom stereocenters. The van der Waals surface area contributed by atoms with Crippen molar-refractivity contribution in [2.24, 2.45) is 0 Å². The lowest BCUT2D eigenvalue weighted by Gasteiger charge is -2.18. The van der Waals surface area contributed by atoms with Crippen LogP contribution in [-0.2, 0) is 28.6 Å². The Labute approximate surface area is 363 Å². The molecule has 0 heterocycles. The fourth-order valence-corrected chi connectivity index (χ4v) is 6.22. The summed E-state index contributed by atoms with van der Waals surface area (Å²) in [5.74, 6) is -1.00. The number of rotatable bonds is 42. The predicted molar refractivity (Wildman–Crippen MR) is 251 cm³/mol. The van der Waals surface area contributed by atoms with E-state index < -0.39 is 6.10 Å². The van der Waals surface area contributed by atoms with Gasteiger partial charge in [0.15, 0.2) is 6.10 Å². The van der Waals surface area contributed by atoms with Gasteiger partial charge in [-0.2, -0.15) is 0 Å². The van der Waals surface area contributed by atoms with E-state index in [1.165, 1.54) is 57.8 Å². The number of carbonyl (C=O) groups excluding carboxylic acids is 3. The summed E-state index contributed by atoms with van der Waals surface area (Å²) in [6.45, 7) is 6.38. The van der Waals surface area contributed by atoms with Crippen molar-refractivity contribution in [3.8, 4) is 0 Å². The molecule has 0 amide bonds. The first-order valence-electron chi connectivity index (χ1n) is 24.1. The zero-order valence-corrected chi connectivity index (χ0v) is 38.2. The third-order valence-electron chi connectivity index (χ3n) is 9.85. The van der Waals surface area contributed by atoms with E-state index in [-0.39, 0.29) is 44.0 Å². The minimum absolute atomic E-state index is 0.109. The van der Waals surface area contributed by atoms with Crippen LogP contribution in [0.5, 0.6) is 0 Å². The number of hydrogen-bond acceptors (Lipinski definition) is 6. The Morgan fingerprint density at radius 2 is 0.695 bits per heavy atom. The largest absolute Gasteiger partial charge is 0.462 e. The summed E-state index contributed by atoms with van der Waals surface area (Å²) in [5, 5.41) is 0. The molecule has 0 N–H and O–H groups in total. The normalized spacial score (nSPS) is 12.8. The van der Waals surface area contributed by atoms with Crippen LogP contribution in [0.3, 0.4) is 0 Å². The summed E-state index contributed by atoms with van der Waals surface area (Å²) in [5.41, 5.74) is 0. The van der Waals surface area contributed by atoms with E-state index in [2.05, 4.69) is 106 Å². The van der Waals surface area contributed by atoms with Gasteiger partial charge in [-0.05, 0) is 103 Å². The van der Waals surface area contributed by atoms with E-state index in [0.29, 0.717) is 12.8 Å². The van der Waals surface area contributed by atoms with E-state index in [0.717, 1.165) is 109 Å². The average molecular weight is 821 g/mol. The first-order chi connectivity index (χ1) is 29.0. The molecular formula is C53H88O6. The van der Waals surface area contributed by atoms with E-state index in [1.54, 1.807) is 0 Å². The number of esters is 3. The van der Waals surface area contributed by atoms with Crippen LogP contribution in [0.25, 0.3) is 0 Å². The van der Waals surface area contributed by atoms with E-state index in [1.807, 2.05) is 0 Å². The van der Waals surface area contributed by atoms with Crippen molar-refractivity contribution in [1.29, 1.82) is 0 Å². The van der Waals surface area contributed by atoms with Crippen LogP contribution in [0.1, 0.15) is 213 Å². The predicted octanol–water partition coefficient (Wildman–Crippen LogP) is 15.6. The quantitative estimate of drug-likeness (QED) is 0.0264. The van der Waals surface area contributed by atoms with Gasteiger partial charge in [0.2, 0.25) is 0 Å². The maximum absolute atomic E-state index is 12.7. The van der Waals surface area contributed by atoms with Crippen LogP contribution in [-0.4, -0.2) is 37.2 Å². The molecule has 6 heteroatoms. The molecule has 0 aromatic rings. The van der Waals surface area contributed by atoms with Crippen molar-refractivity contribution in [2.75, 3.05) is 13.2 Å². The van der Waals surface area contributed by atoms with Crippen molar-refractivity contribution < 1.29 is 28.6 Å². The van der Waals surface area contributed by atoms with Crippen LogP contribution in [0.4, 0.5) is 0 Å². The van der Waals surface area contributed by atoms with Crippen LogP contribution in [0.15, 0.2) is 85.1 Å². The number of carbonyl (C=O) groups is 3. The van der Waals surface area contributed by atoms with E-state index in [4.69, 9.17) is 14.2 Å². The highest BCUT2D eigenvalue weighted by Crippen LogP contribution is 2.12. The fraction of sp³-hybridized carbons (Fsp3) is 0.679. The summed E-state index contributed by atoms with van der Waals surface area (Å²) in [4.78, 5) is 37.8. The highest BCUT2D eigenvalue weighted by molar-refractivity contribution is 5.71. The standard InChI is InChI=1S/C53H88O6/c1-4-7-10-13-16-19-22-24-26-27-28-30-31-34-37-40-43-46-52(55)58-49-50(48-57-51(54)45-42-39-36-33-21-18-15-12-9-6-3)59-53(56)47-44-41-38-35-32-29-25-23-20-17-14-11-8-5-2/h8,11,15,17-18,20,24-26,28-30,34,37,50H,4-7,9-10,12-14,16,19,21-23,27,31-33,35-36,38-49H2,1-3H3/b11-8-,18-15-,20-17-,26-24-,29-25-,30-28-,37-34-. The maximum atomic E-state index is 12.7. The third-order valence-corrected chi connectivity index (χ3v) is 9.85. The van der Waals surface area contributed by atoms with Gasteiger partial charge in [0, 0.05) is 19.3 Å². The molecule has 0 aliphatic rings. The van der Waals surface area contributed by atoms with Gasteiger partial charge in [-0.1, -0.05) is 176 Å². The Bertz CT molecular complexity index is 1170. The lowest BCUT2D eigenvalue weighted by Crippen LogP contribution is -2.30. The van der Waals surface area contributed by atoms with Crippen molar-refractivity contribution in [3.05, 3.63) is 85.1 Å². The number of unbranched alkanes of at least 4 members (excludes halogenated alkanes) is 17. The second-order valence-corrected chi connectivity index (χ2v) is 15.6. The molecule has 0 rings (SSSR count). The molecule has 0 aliphatic carbocycles. The second-order valence-electron chi connectivity index (χ2n) is 15.6. The minimum atomic E-state index is -0.811. The monoisotopic (exact) mass is 821 g/mol. The topological polar surface area (TPSA) is 78.9 Å². The zero-order valence-electron chi connectivity index (χ0n) is 38.2. The summed E-state index contributed by atoms with van der Waals surface area (Å²) in [7, 11) is 0. The zero-order chi connectivity index (χ0) is 43.0. The van der Waals surface area contributed by atoms with Crippen LogP contribution in [0, 0.1) is 0 Å². The molecule has 0 bridgehead atoms. The first-order valence-corrected chi connectivity index (χ1v) is 24.1. The second kappa shape index (κ2) is 47.3. The Morgan fingerprint density at radius 1 is 0.356 bits per heavy atom. The smallest absolute Gasteiger partial charge is 0.306 e. The van der Waals surface area contributed by atoms with Gasteiger partial charge in [0.05, 0.1) is 0 Å². The molecule has 59 heavy (non-hydrogen) atoms. The van der Waals surface area contributed by atoms with Crippen LogP contribution in [0.2, 0.25) is 0 Å². The summed E-state index contributed by atoms with van der Waals surface area (Å²) in [6.07, 6.45) is 60.0. The maximum Gasteiger partial charge on any atom is 0.306 e. The van der Waals surface area contributed by atoms with Gasteiger partial charge in [-0.3, -0.25) is 14.4 Å². The summed E-state index contributed by atoms with van der Waals surface area (Å²) in [6, 6.07) is 0. The minimum Gasteiger partial charge on any atom is -0.462 e. The Kier molecular flexibility index (Phi) is 44.5. The lowest BCUT2D eigenvalue weighted by molar-refractivity contribution is -0.167.